The van der Waals surface area contributed by atoms with Crippen LogP contribution in [0.2, 0.25) is 0 Å². The van der Waals surface area contributed by atoms with Gasteiger partial charge >= 0.3 is 5.97 Å². The maximum atomic E-state index is 10.6. The van der Waals surface area contributed by atoms with Gasteiger partial charge in [0.15, 0.2) is 0 Å². The molecule has 4 nitrogen and oxygen atoms in total. The van der Waals surface area contributed by atoms with Crippen molar-refractivity contribution in [2.75, 3.05) is 0 Å². The molecule has 0 unspecified atom stereocenters. The third kappa shape index (κ3) is 3.85. The van der Waals surface area contributed by atoms with Gasteiger partial charge in [-0.15, -0.1) is 0 Å². The fourth-order valence-corrected chi connectivity index (χ4v) is 1.75. The third-order valence-corrected chi connectivity index (χ3v) is 2.75. The zero-order valence-electron chi connectivity index (χ0n) is 10.7. The highest BCUT2D eigenvalue weighted by Crippen LogP contribution is 2.23. The second-order valence-electron chi connectivity index (χ2n) is 4.28. The van der Waals surface area contributed by atoms with E-state index in [-0.39, 0.29) is 6.42 Å². The number of carbonyl (C=O) groups is 1. The van der Waals surface area contributed by atoms with E-state index in [2.05, 4.69) is 0 Å². The number of carboxylic acids is 1. The number of nitrogens with zero attached hydrogens (tertiary/aromatic N) is 1. The summed E-state index contributed by atoms with van der Waals surface area (Å²) in [5, 5.41) is 17.4. The van der Waals surface area contributed by atoms with E-state index in [4.69, 9.17) is 15.1 Å². The molecule has 0 spiro atoms. The Labute approximate surface area is 116 Å². The fraction of sp³-hybridized carbons (Fsp3) is 0.125. The van der Waals surface area contributed by atoms with Crippen molar-refractivity contribution in [3.05, 3.63) is 59.7 Å². The van der Waals surface area contributed by atoms with Crippen LogP contribution in [-0.4, -0.2) is 11.1 Å². The lowest BCUT2D eigenvalue weighted by Crippen LogP contribution is -1.97. The molecular formula is C16H13NO3. The highest BCUT2D eigenvalue weighted by molar-refractivity contribution is 5.67. The van der Waals surface area contributed by atoms with Crippen molar-refractivity contribution in [3.63, 3.8) is 0 Å². The van der Waals surface area contributed by atoms with Gasteiger partial charge in [0.2, 0.25) is 0 Å². The van der Waals surface area contributed by atoms with E-state index in [0.29, 0.717) is 23.5 Å². The molecule has 0 aliphatic heterocycles. The number of benzene rings is 2. The van der Waals surface area contributed by atoms with Gasteiger partial charge in [0.05, 0.1) is 11.6 Å². The van der Waals surface area contributed by atoms with E-state index in [0.717, 1.165) is 5.56 Å². The monoisotopic (exact) mass is 267 g/mol. The second kappa shape index (κ2) is 6.39. The summed E-state index contributed by atoms with van der Waals surface area (Å²) in [6, 6.07) is 16.2. The van der Waals surface area contributed by atoms with Crippen molar-refractivity contribution in [1.29, 1.82) is 5.26 Å². The summed E-state index contributed by atoms with van der Waals surface area (Å²) in [5.41, 5.74) is 1.49. The Morgan fingerprint density at radius 2 is 1.90 bits per heavy atom. The molecule has 0 bridgehead atoms. The molecule has 0 aliphatic carbocycles. The molecule has 0 heterocycles. The second-order valence-corrected chi connectivity index (χ2v) is 4.28. The molecule has 0 aliphatic rings. The van der Waals surface area contributed by atoms with Gasteiger partial charge in [-0.05, 0) is 48.4 Å². The number of nitriles is 1. The normalized spacial score (nSPS) is 9.75. The van der Waals surface area contributed by atoms with Gasteiger partial charge in [0.25, 0.3) is 0 Å². The molecule has 0 radical (unpaired) electrons. The molecule has 0 fully saturated rings. The van der Waals surface area contributed by atoms with Gasteiger partial charge in [0, 0.05) is 6.42 Å². The number of rotatable bonds is 5. The minimum atomic E-state index is -0.816. The molecule has 0 atom stereocenters. The third-order valence-electron chi connectivity index (χ3n) is 2.75. The molecular weight excluding hydrogens is 254 g/mol. The van der Waals surface area contributed by atoms with Crippen molar-refractivity contribution in [1.82, 2.24) is 0 Å². The smallest absolute Gasteiger partial charge is 0.303 e. The summed E-state index contributed by atoms with van der Waals surface area (Å²) in [5.74, 6) is 0.473. The zero-order chi connectivity index (χ0) is 14.4. The first-order chi connectivity index (χ1) is 9.67. The summed E-state index contributed by atoms with van der Waals surface area (Å²) in [7, 11) is 0. The lowest BCUT2D eigenvalue weighted by Gasteiger charge is -2.07. The SMILES string of the molecule is N#Cc1ccc(Oc2cccc(CCC(=O)O)c2)cc1. The number of ether oxygens (including phenoxy) is 1. The van der Waals surface area contributed by atoms with E-state index in [1.807, 2.05) is 30.3 Å². The Balaban J connectivity index is 2.07. The molecule has 4 heteroatoms. The largest absolute Gasteiger partial charge is 0.481 e. The molecule has 0 saturated heterocycles. The van der Waals surface area contributed by atoms with Crippen LogP contribution in [0.25, 0.3) is 0 Å². The average Bonchev–Trinajstić information content (AvgIpc) is 2.46. The molecule has 2 aromatic rings. The van der Waals surface area contributed by atoms with Gasteiger partial charge in [0.1, 0.15) is 11.5 Å². The Kier molecular flexibility index (Phi) is 4.35. The fourth-order valence-electron chi connectivity index (χ4n) is 1.75. The molecule has 0 aromatic heterocycles. The molecule has 2 aromatic carbocycles. The maximum Gasteiger partial charge on any atom is 0.303 e. The molecule has 0 saturated carbocycles. The first-order valence-corrected chi connectivity index (χ1v) is 6.16. The minimum absolute atomic E-state index is 0.0975. The zero-order valence-corrected chi connectivity index (χ0v) is 10.7. The standard InChI is InChI=1S/C16H13NO3/c17-11-13-4-7-14(8-5-13)20-15-3-1-2-12(10-15)6-9-16(18)19/h1-5,7-8,10H,6,9H2,(H,18,19). The number of hydrogen-bond acceptors (Lipinski definition) is 3. The van der Waals surface area contributed by atoms with Gasteiger partial charge in [-0.1, -0.05) is 12.1 Å². The number of hydrogen-bond donors (Lipinski definition) is 1. The van der Waals surface area contributed by atoms with Crippen LogP contribution in [0.4, 0.5) is 0 Å². The Morgan fingerprint density at radius 3 is 2.55 bits per heavy atom. The topological polar surface area (TPSA) is 70.3 Å². The maximum absolute atomic E-state index is 10.6. The van der Waals surface area contributed by atoms with Crippen LogP contribution in [-0.2, 0) is 11.2 Å². The van der Waals surface area contributed by atoms with Crippen LogP contribution in [0.15, 0.2) is 48.5 Å². The minimum Gasteiger partial charge on any atom is -0.481 e. The van der Waals surface area contributed by atoms with Crippen LogP contribution in [0.3, 0.4) is 0 Å². The van der Waals surface area contributed by atoms with E-state index >= 15 is 0 Å². The van der Waals surface area contributed by atoms with Crippen LogP contribution < -0.4 is 4.74 Å². The van der Waals surface area contributed by atoms with E-state index < -0.39 is 5.97 Å². The van der Waals surface area contributed by atoms with Crippen molar-refractivity contribution in [2.24, 2.45) is 0 Å². The van der Waals surface area contributed by atoms with E-state index in [1.54, 1.807) is 24.3 Å². The predicted octanol–water partition coefficient (Wildman–Crippen LogP) is 3.37. The van der Waals surface area contributed by atoms with Crippen molar-refractivity contribution in [2.45, 2.75) is 12.8 Å². The predicted molar refractivity (Wildman–Crippen MR) is 73.6 cm³/mol. The van der Waals surface area contributed by atoms with Crippen molar-refractivity contribution in [3.8, 4) is 17.6 Å². The van der Waals surface area contributed by atoms with Crippen LogP contribution in [0.5, 0.6) is 11.5 Å². The Bertz CT molecular complexity index is 642. The first-order valence-electron chi connectivity index (χ1n) is 6.16. The Morgan fingerprint density at radius 1 is 1.15 bits per heavy atom. The van der Waals surface area contributed by atoms with Crippen molar-refractivity contribution >= 4 is 5.97 Å². The molecule has 0 amide bonds. The number of carboxylic acid groups (broad SMARTS) is 1. The summed E-state index contributed by atoms with van der Waals surface area (Å²) >= 11 is 0. The molecule has 100 valence electrons. The van der Waals surface area contributed by atoms with Crippen molar-refractivity contribution < 1.29 is 14.6 Å². The average molecular weight is 267 g/mol. The number of aliphatic carboxylic acids is 1. The summed E-state index contributed by atoms with van der Waals surface area (Å²) in [6.45, 7) is 0. The summed E-state index contributed by atoms with van der Waals surface area (Å²) in [6.07, 6.45) is 0.570. The van der Waals surface area contributed by atoms with Crippen LogP contribution in [0, 0.1) is 11.3 Å². The van der Waals surface area contributed by atoms with E-state index in [9.17, 15) is 4.79 Å². The lowest BCUT2D eigenvalue weighted by atomic mass is 10.1. The summed E-state index contributed by atoms with van der Waals surface area (Å²) < 4.78 is 5.67. The molecule has 20 heavy (non-hydrogen) atoms. The van der Waals surface area contributed by atoms with Crippen LogP contribution in [0.1, 0.15) is 17.5 Å². The highest BCUT2D eigenvalue weighted by Gasteiger charge is 2.02. The summed E-state index contributed by atoms with van der Waals surface area (Å²) in [4.78, 5) is 10.6. The highest BCUT2D eigenvalue weighted by atomic mass is 16.5. The lowest BCUT2D eigenvalue weighted by molar-refractivity contribution is -0.136. The molecule has 2 rings (SSSR count). The first kappa shape index (κ1) is 13.6. The van der Waals surface area contributed by atoms with Gasteiger partial charge in [-0.25, -0.2) is 0 Å². The van der Waals surface area contributed by atoms with Crippen LogP contribution >= 0.6 is 0 Å². The quantitative estimate of drug-likeness (QED) is 0.901. The van der Waals surface area contributed by atoms with Gasteiger partial charge in [-0.2, -0.15) is 5.26 Å². The van der Waals surface area contributed by atoms with E-state index in [1.165, 1.54) is 0 Å². The van der Waals surface area contributed by atoms with Gasteiger partial charge in [-0.3, -0.25) is 4.79 Å². The Hall–Kier alpha value is -2.80. The number of aryl methyl sites for hydroxylation is 1. The van der Waals surface area contributed by atoms with Gasteiger partial charge < -0.3 is 9.84 Å². The molecule has 1 N–H and O–H groups in total.